The first-order valence-electron chi connectivity index (χ1n) is 9.24. The molecule has 0 unspecified atom stereocenters. The number of nitrogens with one attached hydrogen (secondary N) is 2. The van der Waals surface area contributed by atoms with Crippen LogP contribution in [-0.2, 0) is 13.1 Å². The van der Waals surface area contributed by atoms with Gasteiger partial charge in [-0.15, -0.1) is 0 Å². The molecule has 0 saturated carbocycles. The van der Waals surface area contributed by atoms with Crippen molar-refractivity contribution in [2.45, 2.75) is 39.8 Å². The maximum atomic E-state index is 12.6. The van der Waals surface area contributed by atoms with Crippen LogP contribution in [0.25, 0.3) is 10.9 Å². The number of aryl methyl sites for hydroxylation is 1. The van der Waals surface area contributed by atoms with Crippen molar-refractivity contribution >= 4 is 28.2 Å². The SMILES string of the molecule is CCCCNC(=S)N(Cc1ccco1)Cc1cc2cc(C)ccc2[nH]c1=O. The van der Waals surface area contributed by atoms with Crippen molar-refractivity contribution in [3.8, 4) is 0 Å². The number of hydrogen-bond acceptors (Lipinski definition) is 3. The van der Waals surface area contributed by atoms with Crippen LogP contribution in [0, 0.1) is 6.92 Å². The number of hydrogen-bond donors (Lipinski definition) is 2. The Morgan fingerprint density at radius 3 is 2.85 bits per heavy atom. The van der Waals surface area contributed by atoms with Crippen LogP contribution in [0.4, 0.5) is 0 Å². The zero-order valence-corrected chi connectivity index (χ0v) is 16.6. The summed E-state index contributed by atoms with van der Waals surface area (Å²) in [5.41, 5.74) is 2.59. The molecule has 0 fully saturated rings. The molecular weight excluding hydrogens is 358 g/mol. The lowest BCUT2D eigenvalue weighted by atomic mass is 10.1. The van der Waals surface area contributed by atoms with Gasteiger partial charge < -0.3 is 19.6 Å². The molecule has 0 amide bonds. The molecule has 0 saturated heterocycles. The minimum absolute atomic E-state index is 0.0906. The fraction of sp³-hybridized carbons (Fsp3) is 0.333. The number of benzene rings is 1. The molecule has 27 heavy (non-hydrogen) atoms. The van der Waals surface area contributed by atoms with Crippen LogP contribution in [0.15, 0.2) is 51.9 Å². The molecular formula is C21H25N3O2S. The van der Waals surface area contributed by atoms with Gasteiger partial charge in [-0.2, -0.15) is 0 Å². The van der Waals surface area contributed by atoms with Crippen LogP contribution in [0.2, 0.25) is 0 Å². The van der Waals surface area contributed by atoms with Crippen molar-refractivity contribution in [3.63, 3.8) is 0 Å². The van der Waals surface area contributed by atoms with Crippen LogP contribution in [0.3, 0.4) is 0 Å². The first-order valence-corrected chi connectivity index (χ1v) is 9.65. The molecule has 0 aliphatic carbocycles. The standard InChI is InChI=1S/C21H25N3O2S/c1-3-4-9-22-21(27)24(14-18-6-5-10-26-18)13-17-12-16-11-15(2)7-8-19(16)23-20(17)25/h5-8,10-12H,3-4,9,13-14H2,1-2H3,(H,22,27)(H,23,25). The van der Waals surface area contributed by atoms with E-state index in [4.69, 9.17) is 16.6 Å². The van der Waals surface area contributed by atoms with Gasteiger partial charge in [0.15, 0.2) is 5.11 Å². The zero-order valence-electron chi connectivity index (χ0n) is 15.7. The van der Waals surface area contributed by atoms with Crippen LogP contribution >= 0.6 is 12.2 Å². The Bertz CT molecular complexity index is 963. The molecule has 3 aromatic rings. The smallest absolute Gasteiger partial charge is 0.253 e. The average molecular weight is 384 g/mol. The third kappa shape index (κ3) is 4.98. The van der Waals surface area contributed by atoms with Crippen molar-refractivity contribution in [1.82, 2.24) is 15.2 Å². The number of nitrogens with zero attached hydrogens (tertiary/aromatic N) is 1. The first-order chi connectivity index (χ1) is 13.1. The molecule has 2 aromatic heterocycles. The van der Waals surface area contributed by atoms with Crippen molar-refractivity contribution in [2.24, 2.45) is 0 Å². The molecule has 5 nitrogen and oxygen atoms in total. The molecule has 142 valence electrons. The Kier molecular flexibility index (Phi) is 6.29. The lowest BCUT2D eigenvalue weighted by Crippen LogP contribution is -2.40. The Hall–Kier alpha value is -2.60. The highest BCUT2D eigenvalue weighted by molar-refractivity contribution is 7.80. The highest BCUT2D eigenvalue weighted by atomic mass is 32.1. The number of H-pyrrole nitrogens is 1. The Balaban J connectivity index is 1.86. The molecule has 2 heterocycles. The minimum atomic E-state index is -0.0906. The Labute approximate surface area is 164 Å². The second-order valence-electron chi connectivity index (χ2n) is 6.74. The van der Waals surface area contributed by atoms with Gasteiger partial charge in [0, 0.05) is 17.6 Å². The van der Waals surface area contributed by atoms with E-state index < -0.39 is 0 Å². The largest absolute Gasteiger partial charge is 0.467 e. The van der Waals surface area contributed by atoms with E-state index in [1.54, 1.807) is 6.26 Å². The number of aromatic amines is 1. The van der Waals surface area contributed by atoms with Gasteiger partial charge in [0.2, 0.25) is 0 Å². The Morgan fingerprint density at radius 2 is 2.11 bits per heavy atom. The van der Waals surface area contributed by atoms with Crippen LogP contribution in [0.5, 0.6) is 0 Å². The number of fused-ring (bicyclic) bond motifs is 1. The summed E-state index contributed by atoms with van der Waals surface area (Å²) in [4.78, 5) is 17.5. The van der Waals surface area contributed by atoms with E-state index in [1.165, 1.54) is 0 Å². The minimum Gasteiger partial charge on any atom is -0.467 e. The summed E-state index contributed by atoms with van der Waals surface area (Å²) in [6.45, 7) is 5.92. The third-order valence-corrected chi connectivity index (χ3v) is 4.86. The van der Waals surface area contributed by atoms with Gasteiger partial charge in [0.05, 0.1) is 19.4 Å². The average Bonchev–Trinajstić information content (AvgIpc) is 3.15. The summed E-state index contributed by atoms with van der Waals surface area (Å²) in [6.07, 6.45) is 3.79. The van der Waals surface area contributed by atoms with Gasteiger partial charge in [-0.05, 0) is 61.3 Å². The highest BCUT2D eigenvalue weighted by Gasteiger charge is 2.15. The van der Waals surface area contributed by atoms with Gasteiger partial charge >= 0.3 is 0 Å². The monoisotopic (exact) mass is 383 g/mol. The maximum Gasteiger partial charge on any atom is 0.253 e. The maximum absolute atomic E-state index is 12.6. The number of furan rings is 1. The van der Waals surface area contributed by atoms with Crippen LogP contribution in [-0.4, -0.2) is 21.5 Å². The van der Waals surface area contributed by atoms with Gasteiger partial charge in [0.1, 0.15) is 5.76 Å². The quantitative estimate of drug-likeness (QED) is 0.475. The summed E-state index contributed by atoms with van der Waals surface area (Å²) < 4.78 is 5.48. The predicted octanol–water partition coefficient (Wildman–Crippen LogP) is 4.11. The second-order valence-corrected chi connectivity index (χ2v) is 7.12. The number of rotatable bonds is 7. The van der Waals surface area contributed by atoms with Gasteiger partial charge in [0.25, 0.3) is 5.56 Å². The fourth-order valence-electron chi connectivity index (χ4n) is 2.97. The fourth-order valence-corrected chi connectivity index (χ4v) is 3.20. The molecule has 0 aliphatic rings. The van der Waals surface area contributed by atoms with Gasteiger partial charge in [-0.3, -0.25) is 4.79 Å². The third-order valence-electron chi connectivity index (χ3n) is 4.46. The summed E-state index contributed by atoms with van der Waals surface area (Å²) in [5.74, 6) is 0.808. The molecule has 0 aliphatic heterocycles. The van der Waals surface area contributed by atoms with Crippen molar-refractivity contribution < 1.29 is 4.42 Å². The first kappa shape index (κ1) is 19.2. The predicted molar refractivity (Wildman–Crippen MR) is 113 cm³/mol. The van der Waals surface area contributed by atoms with E-state index in [0.717, 1.165) is 41.6 Å². The topological polar surface area (TPSA) is 61.3 Å². The summed E-state index contributed by atoms with van der Waals surface area (Å²) in [5, 5.41) is 4.93. The van der Waals surface area contributed by atoms with Crippen molar-refractivity contribution in [1.29, 1.82) is 0 Å². The van der Waals surface area contributed by atoms with Gasteiger partial charge in [-0.1, -0.05) is 25.0 Å². The van der Waals surface area contributed by atoms with E-state index in [0.29, 0.717) is 23.8 Å². The van der Waals surface area contributed by atoms with E-state index >= 15 is 0 Å². The van der Waals surface area contributed by atoms with Crippen molar-refractivity contribution in [2.75, 3.05) is 6.54 Å². The normalized spacial score (nSPS) is 10.9. The molecule has 0 bridgehead atoms. The Morgan fingerprint density at radius 1 is 1.26 bits per heavy atom. The van der Waals surface area contributed by atoms with Crippen molar-refractivity contribution in [3.05, 3.63) is 69.9 Å². The number of thiocarbonyl (C=S) groups is 1. The summed E-state index contributed by atoms with van der Waals surface area (Å²) >= 11 is 5.58. The lowest BCUT2D eigenvalue weighted by Gasteiger charge is -2.25. The van der Waals surface area contributed by atoms with Crippen LogP contribution < -0.4 is 10.9 Å². The number of aromatic nitrogens is 1. The number of unbranched alkanes of at least 4 members (excludes halogenated alkanes) is 1. The molecule has 0 radical (unpaired) electrons. The molecule has 3 rings (SSSR count). The molecule has 0 spiro atoms. The van der Waals surface area contributed by atoms with E-state index in [1.807, 2.05) is 42.2 Å². The second kappa shape index (κ2) is 8.86. The van der Waals surface area contributed by atoms with E-state index in [9.17, 15) is 4.79 Å². The van der Waals surface area contributed by atoms with E-state index in [2.05, 4.69) is 23.3 Å². The molecule has 0 atom stereocenters. The summed E-state index contributed by atoms with van der Waals surface area (Å²) in [6, 6.07) is 11.7. The van der Waals surface area contributed by atoms with E-state index in [-0.39, 0.29) is 5.56 Å². The van der Waals surface area contributed by atoms with Gasteiger partial charge in [-0.25, -0.2) is 0 Å². The molecule has 1 aromatic carbocycles. The highest BCUT2D eigenvalue weighted by Crippen LogP contribution is 2.15. The molecule has 6 heteroatoms. The zero-order chi connectivity index (χ0) is 19.2. The lowest BCUT2D eigenvalue weighted by molar-refractivity contribution is 0.350. The summed E-state index contributed by atoms with van der Waals surface area (Å²) in [7, 11) is 0. The number of pyridine rings is 1. The molecule has 2 N–H and O–H groups in total. The van der Waals surface area contributed by atoms with Crippen LogP contribution in [0.1, 0.15) is 36.7 Å².